The van der Waals surface area contributed by atoms with E-state index in [2.05, 4.69) is 0 Å². The van der Waals surface area contributed by atoms with Gasteiger partial charge in [-0.1, -0.05) is 0 Å². The predicted molar refractivity (Wildman–Crippen MR) is 64.8 cm³/mol. The lowest BCUT2D eigenvalue weighted by Crippen LogP contribution is -2.24. The van der Waals surface area contributed by atoms with E-state index in [9.17, 15) is 22.8 Å². The van der Waals surface area contributed by atoms with Crippen LogP contribution in [0.4, 0.5) is 18.9 Å². The number of primary amides is 1. The van der Waals surface area contributed by atoms with Crippen LogP contribution in [0.2, 0.25) is 0 Å². The maximum Gasteiger partial charge on any atom is 0.417 e. The Hall–Kier alpha value is -2.51. The van der Waals surface area contributed by atoms with Gasteiger partial charge in [0.15, 0.2) is 0 Å². The van der Waals surface area contributed by atoms with Crippen LogP contribution in [-0.2, 0) is 17.4 Å². The summed E-state index contributed by atoms with van der Waals surface area (Å²) in [5, 5.41) is -0.345. The third kappa shape index (κ3) is 2.44. The van der Waals surface area contributed by atoms with Gasteiger partial charge in [-0.25, -0.2) is 4.79 Å². The molecule has 8 heteroatoms. The highest BCUT2D eigenvalue weighted by molar-refractivity contribution is 5.86. The average molecular weight is 286 g/mol. The molecule has 1 amide bonds. The van der Waals surface area contributed by atoms with E-state index in [-0.39, 0.29) is 16.7 Å². The number of nitrogen functional groups attached to an aromatic ring is 1. The Kier molecular flexibility index (Phi) is 3.16. The van der Waals surface area contributed by atoms with Gasteiger partial charge in [0.1, 0.15) is 5.58 Å². The Bertz CT molecular complexity index is 750. The van der Waals surface area contributed by atoms with E-state index < -0.39 is 35.3 Å². The topological polar surface area (TPSA) is 99.3 Å². The van der Waals surface area contributed by atoms with Crippen LogP contribution in [0.1, 0.15) is 11.1 Å². The Morgan fingerprint density at radius 2 is 1.95 bits per heavy atom. The minimum Gasteiger partial charge on any atom is -0.422 e. The van der Waals surface area contributed by atoms with Crippen molar-refractivity contribution in [3.63, 3.8) is 0 Å². The number of amides is 1. The largest absolute Gasteiger partial charge is 0.422 e. The van der Waals surface area contributed by atoms with Gasteiger partial charge in [-0.15, -0.1) is 0 Å². The Balaban J connectivity index is 2.91. The van der Waals surface area contributed by atoms with E-state index in [4.69, 9.17) is 15.9 Å². The van der Waals surface area contributed by atoms with Crippen molar-refractivity contribution in [2.45, 2.75) is 12.6 Å². The summed E-state index contributed by atoms with van der Waals surface area (Å²) in [5.41, 5.74) is 6.88. The molecule has 0 radical (unpaired) electrons. The SMILES string of the molecule is NC(=O)Cc1c(C(F)(F)F)c2ccc(N)cc2oc1=O. The zero-order chi connectivity index (χ0) is 15.1. The van der Waals surface area contributed by atoms with Gasteiger partial charge in [0, 0.05) is 17.1 Å². The Morgan fingerprint density at radius 1 is 1.30 bits per heavy atom. The Labute approximate surface area is 110 Å². The van der Waals surface area contributed by atoms with Crippen LogP contribution in [-0.4, -0.2) is 5.91 Å². The van der Waals surface area contributed by atoms with Crippen LogP contribution < -0.4 is 17.1 Å². The summed E-state index contributed by atoms with van der Waals surface area (Å²) in [6.07, 6.45) is -5.67. The third-order valence-corrected chi connectivity index (χ3v) is 2.66. The fourth-order valence-corrected chi connectivity index (χ4v) is 1.91. The van der Waals surface area contributed by atoms with E-state index in [0.717, 1.165) is 12.1 Å². The molecule has 2 aromatic rings. The number of nitrogens with two attached hydrogens (primary N) is 2. The summed E-state index contributed by atoms with van der Waals surface area (Å²) in [4.78, 5) is 22.5. The van der Waals surface area contributed by atoms with Gasteiger partial charge in [-0.05, 0) is 12.1 Å². The molecule has 1 aromatic carbocycles. The molecule has 0 spiro atoms. The third-order valence-electron chi connectivity index (χ3n) is 2.66. The molecule has 0 saturated carbocycles. The van der Waals surface area contributed by atoms with Crippen LogP contribution in [0.25, 0.3) is 11.0 Å². The number of hydrogen-bond donors (Lipinski definition) is 2. The molecule has 0 aliphatic heterocycles. The number of rotatable bonds is 2. The first-order valence-electron chi connectivity index (χ1n) is 5.41. The molecule has 2 rings (SSSR count). The predicted octanol–water partition coefficient (Wildman–Crippen LogP) is 1.42. The normalized spacial score (nSPS) is 11.8. The van der Waals surface area contributed by atoms with Crippen molar-refractivity contribution in [3.05, 3.63) is 39.7 Å². The van der Waals surface area contributed by atoms with E-state index in [0.29, 0.717) is 0 Å². The monoisotopic (exact) mass is 286 g/mol. The summed E-state index contributed by atoms with van der Waals surface area (Å²) in [7, 11) is 0. The summed E-state index contributed by atoms with van der Waals surface area (Å²) in [6.45, 7) is 0. The lowest BCUT2D eigenvalue weighted by atomic mass is 10.0. The molecule has 1 aromatic heterocycles. The quantitative estimate of drug-likeness (QED) is 0.644. The van der Waals surface area contributed by atoms with Crippen molar-refractivity contribution < 1.29 is 22.4 Å². The number of benzene rings is 1. The molecule has 0 fully saturated rings. The van der Waals surface area contributed by atoms with E-state index in [1.807, 2.05) is 0 Å². The minimum atomic E-state index is -4.82. The lowest BCUT2D eigenvalue weighted by Gasteiger charge is -2.13. The highest BCUT2D eigenvalue weighted by atomic mass is 19.4. The summed E-state index contributed by atoms with van der Waals surface area (Å²) in [6, 6.07) is 3.44. The average Bonchev–Trinajstić information content (AvgIpc) is 2.27. The summed E-state index contributed by atoms with van der Waals surface area (Å²) >= 11 is 0. The molecular formula is C12H9F3N2O3. The number of carbonyl (C=O) groups excluding carboxylic acids is 1. The molecule has 20 heavy (non-hydrogen) atoms. The first-order chi connectivity index (χ1) is 9.20. The van der Waals surface area contributed by atoms with Gasteiger partial charge in [0.25, 0.3) is 0 Å². The van der Waals surface area contributed by atoms with Gasteiger partial charge < -0.3 is 15.9 Å². The zero-order valence-corrected chi connectivity index (χ0v) is 9.95. The van der Waals surface area contributed by atoms with Crippen LogP contribution in [0, 0.1) is 0 Å². The first-order valence-corrected chi connectivity index (χ1v) is 5.41. The first kappa shape index (κ1) is 13.9. The lowest BCUT2D eigenvalue weighted by molar-refractivity contribution is -0.137. The fourth-order valence-electron chi connectivity index (χ4n) is 1.91. The molecule has 5 nitrogen and oxygen atoms in total. The number of carbonyl (C=O) groups is 1. The van der Waals surface area contributed by atoms with Crippen molar-refractivity contribution >= 4 is 22.6 Å². The van der Waals surface area contributed by atoms with Gasteiger partial charge >= 0.3 is 11.8 Å². The van der Waals surface area contributed by atoms with Crippen molar-refractivity contribution in [3.8, 4) is 0 Å². The van der Waals surface area contributed by atoms with Gasteiger partial charge in [-0.2, -0.15) is 13.2 Å². The van der Waals surface area contributed by atoms with E-state index in [1.165, 1.54) is 6.07 Å². The van der Waals surface area contributed by atoms with Gasteiger partial charge in [-0.3, -0.25) is 4.79 Å². The van der Waals surface area contributed by atoms with Gasteiger partial charge in [0.05, 0.1) is 17.5 Å². The van der Waals surface area contributed by atoms with Crippen LogP contribution in [0.15, 0.2) is 27.4 Å². The van der Waals surface area contributed by atoms with Gasteiger partial charge in [0.2, 0.25) is 5.91 Å². The maximum absolute atomic E-state index is 13.1. The Morgan fingerprint density at radius 3 is 2.50 bits per heavy atom. The molecule has 0 unspecified atom stereocenters. The van der Waals surface area contributed by atoms with Crippen molar-refractivity contribution in [1.29, 1.82) is 0 Å². The van der Waals surface area contributed by atoms with E-state index in [1.54, 1.807) is 0 Å². The summed E-state index contributed by atoms with van der Waals surface area (Å²) < 4.78 is 44.2. The highest BCUT2D eigenvalue weighted by Crippen LogP contribution is 2.36. The number of hydrogen-bond acceptors (Lipinski definition) is 4. The number of alkyl halides is 3. The van der Waals surface area contributed by atoms with Crippen LogP contribution in [0.5, 0.6) is 0 Å². The molecule has 0 atom stereocenters. The second-order valence-electron chi connectivity index (χ2n) is 4.14. The molecule has 0 aliphatic carbocycles. The number of halogens is 3. The van der Waals surface area contributed by atoms with E-state index >= 15 is 0 Å². The number of fused-ring (bicyclic) bond motifs is 1. The molecule has 0 aliphatic rings. The highest BCUT2D eigenvalue weighted by Gasteiger charge is 2.38. The molecule has 0 bridgehead atoms. The molecule has 106 valence electrons. The zero-order valence-electron chi connectivity index (χ0n) is 9.95. The standard InChI is InChI=1S/C12H9F3N2O3/c13-12(14,15)10-6-2-1-5(16)3-8(6)20-11(19)7(10)4-9(17)18/h1-3H,4,16H2,(H2,17,18). The minimum absolute atomic E-state index is 0.149. The molecule has 4 N–H and O–H groups in total. The number of anilines is 1. The van der Waals surface area contributed by atoms with Crippen molar-refractivity contribution in [2.24, 2.45) is 5.73 Å². The fraction of sp³-hybridized carbons (Fsp3) is 0.167. The maximum atomic E-state index is 13.1. The second kappa shape index (κ2) is 4.55. The van der Waals surface area contributed by atoms with Crippen LogP contribution >= 0.6 is 0 Å². The molecular weight excluding hydrogens is 277 g/mol. The summed E-state index contributed by atoms with van der Waals surface area (Å²) in [5.74, 6) is -1.06. The molecule has 1 heterocycles. The van der Waals surface area contributed by atoms with Crippen LogP contribution in [0.3, 0.4) is 0 Å². The molecule has 0 saturated heterocycles. The van der Waals surface area contributed by atoms with Crippen molar-refractivity contribution in [2.75, 3.05) is 5.73 Å². The smallest absolute Gasteiger partial charge is 0.417 e. The van der Waals surface area contributed by atoms with Crippen molar-refractivity contribution in [1.82, 2.24) is 0 Å². The second-order valence-corrected chi connectivity index (χ2v) is 4.14.